The molecule has 1 fully saturated rings. The monoisotopic (exact) mass is 386 g/mol. The smallest absolute Gasteiger partial charge is 0.410 e. The third-order valence-electron chi connectivity index (χ3n) is 4.98. The molecule has 1 amide bonds. The van der Waals surface area contributed by atoms with E-state index < -0.39 is 5.60 Å². The molecule has 3 rings (SSSR count). The molecule has 1 aromatic heterocycles. The van der Waals surface area contributed by atoms with Gasteiger partial charge in [-0.3, -0.25) is 4.79 Å². The van der Waals surface area contributed by atoms with Gasteiger partial charge in [0.25, 0.3) is 0 Å². The molecule has 0 radical (unpaired) electrons. The number of benzene rings is 1. The molecule has 0 bridgehead atoms. The molecule has 0 unspecified atom stereocenters. The highest BCUT2D eigenvalue weighted by Crippen LogP contribution is 2.20. The Morgan fingerprint density at radius 2 is 1.82 bits per heavy atom. The summed E-state index contributed by atoms with van der Waals surface area (Å²) in [5.41, 5.74) is 0.652. The molecule has 2 heterocycles. The molecule has 6 nitrogen and oxygen atoms in total. The number of carbonyl (C=O) groups is 2. The highest BCUT2D eigenvalue weighted by molar-refractivity contribution is 5.80. The molecule has 6 heteroatoms. The topological polar surface area (TPSA) is 60.8 Å². The van der Waals surface area contributed by atoms with E-state index in [0.29, 0.717) is 38.6 Å². The number of hydrogen-bond donors (Lipinski definition) is 0. The molecular formula is C22H30N2O4. The minimum absolute atomic E-state index is 0.174. The maximum atomic E-state index is 12.1. The van der Waals surface area contributed by atoms with E-state index in [0.717, 1.165) is 18.4 Å². The summed E-state index contributed by atoms with van der Waals surface area (Å²) in [6, 6.07) is 10.2. The summed E-state index contributed by atoms with van der Waals surface area (Å²) in [6.07, 6.45) is 3.76. The lowest BCUT2D eigenvalue weighted by molar-refractivity contribution is -0.145. The number of carbonyl (C=O) groups excluding carboxylic acids is 2. The predicted octanol–water partition coefficient (Wildman–Crippen LogP) is 4.22. The van der Waals surface area contributed by atoms with E-state index in [1.165, 1.54) is 5.39 Å². The lowest BCUT2D eigenvalue weighted by atomic mass is 9.98. The van der Waals surface area contributed by atoms with E-state index >= 15 is 0 Å². The Hall–Kier alpha value is -2.50. The standard InChI is InChI=1S/C22H30N2O4/c1-22(2,3)28-21(26)24-12-8-17(9-13-24)16-27-20(25)11-15-23-14-10-18-6-4-5-7-19(18)23/h4-7,10,14,17H,8-9,11-13,15-16H2,1-3H3. The number of rotatable bonds is 5. The first-order valence-electron chi connectivity index (χ1n) is 9.99. The summed E-state index contributed by atoms with van der Waals surface area (Å²) in [5.74, 6) is 0.127. The van der Waals surface area contributed by atoms with Gasteiger partial charge in [0.1, 0.15) is 5.60 Å². The van der Waals surface area contributed by atoms with E-state index in [1.54, 1.807) is 4.90 Å². The number of nitrogens with zero attached hydrogens (tertiary/aromatic N) is 2. The molecule has 1 aliphatic heterocycles. The number of piperidine rings is 1. The van der Waals surface area contributed by atoms with Gasteiger partial charge >= 0.3 is 12.1 Å². The van der Waals surface area contributed by atoms with Gasteiger partial charge in [-0.15, -0.1) is 0 Å². The number of ether oxygens (including phenoxy) is 2. The number of aromatic nitrogens is 1. The molecule has 1 aliphatic rings. The van der Waals surface area contributed by atoms with Crippen molar-refractivity contribution >= 4 is 23.0 Å². The molecule has 0 N–H and O–H groups in total. The number of amides is 1. The van der Waals surface area contributed by atoms with Crippen molar-refractivity contribution in [1.82, 2.24) is 9.47 Å². The van der Waals surface area contributed by atoms with Gasteiger partial charge in [0.15, 0.2) is 0 Å². The van der Waals surface area contributed by atoms with Gasteiger partial charge in [0.05, 0.1) is 13.0 Å². The van der Waals surface area contributed by atoms with Gasteiger partial charge in [-0.05, 0) is 57.0 Å². The average molecular weight is 386 g/mol. The molecule has 2 aromatic rings. The van der Waals surface area contributed by atoms with Gasteiger partial charge < -0.3 is 18.9 Å². The van der Waals surface area contributed by atoms with Gasteiger partial charge in [0.2, 0.25) is 0 Å². The summed E-state index contributed by atoms with van der Waals surface area (Å²) >= 11 is 0. The fourth-order valence-corrected chi connectivity index (χ4v) is 3.44. The second-order valence-electron chi connectivity index (χ2n) is 8.41. The van der Waals surface area contributed by atoms with Crippen LogP contribution in [0.3, 0.4) is 0 Å². The highest BCUT2D eigenvalue weighted by Gasteiger charge is 2.27. The van der Waals surface area contributed by atoms with Crippen LogP contribution in [0, 0.1) is 5.92 Å². The Kier molecular flexibility index (Phi) is 6.27. The van der Waals surface area contributed by atoms with Crippen molar-refractivity contribution < 1.29 is 19.1 Å². The summed E-state index contributed by atoms with van der Waals surface area (Å²) in [5, 5.41) is 1.17. The number of hydrogen-bond acceptors (Lipinski definition) is 4. The quantitative estimate of drug-likeness (QED) is 0.722. The number of esters is 1. The number of aryl methyl sites for hydroxylation is 1. The normalized spacial score (nSPS) is 15.6. The number of likely N-dealkylation sites (tertiary alicyclic amines) is 1. The van der Waals surface area contributed by atoms with Crippen molar-refractivity contribution in [2.75, 3.05) is 19.7 Å². The zero-order valence-electron chi connectivity index (χ0n) is 17.0. The van der Waals surface area contributed by atoms with E-state index in [2.05, 4.69) is 22.8 Å². The Balaban J connectivity index is 1.37. The van der Waals surface area contributed by atoms with E-state index in [9.17, 15) is 9.59 Å². The Labute approximate surface area is 166 Å². The van der Waals surface area contributed by atoms with Crippen LogP contribution in [0.25, 0.3) is 10.9 Å². The van der Waals surface area contributed by atoms with Crippen LogP contribution >= 0.6 is 0 Å². The van der Waals surface area contributed by atoms with Crippen LogP contribution in [0.15, 0.2) is 36.5 Å². The van der Waals surface area contributed by atoms with Crippen LogP contribution in [-0.2, 0) is 20.8 Å². The maximum Gasteiger partial charge on any atom is 0.410 e. The van der Waals surface area contributed by atoms with Crippen molar-refractivity contribution in [3.63, 3.8) is 0 Å². The van der Waals surface area contributed by atoms with E-state index in [1.807, 2.05) is 39.1 Å². The second-order valence-corrected chi connectivity index (χ2v) is 8.41. The van der Waals surface area contributed by atoms with Crippen LogP contribution < -0.4 is 0 Å². The number of para-hydroxylation sites is 1. The molecule has 1 aromatic carbocycles. The summed E-state index contributed by atoms with van der Waals surface area (Å²) in [7, 11) is 0. The molecule has 152 valence electrons. The van der Waals surface area contributed by atoms with Gasteiger partial charge in [-0.1, -0.05) is 18.2 Å². The predicted molar refractivity (Wildman–Crippen MR) is 108 cm³/mol. The Bertz CT molecular complexity index is 813. The van der Waals surface area contributed by atoms with Crippen molar-refractivity contribution in [1.29, 1.82) is 0 Å². The fourth-order valence-electron chi connectivity index (χ4n) is 3.44. The van der Waals surface area contributed by atoms with Gasteiger partial charge in [-0.2, -0.15) is 0 Å². The lowest BCUT2D eigenvalue weighted by Gasteiger charge is -2.33. The highest BCUT2D eigenvalue weighted by atomic mass is 16.6. The average Bonchev–Trinajstić information content (AvgIpc) is 3.07. The fraction of sp³-hybridized carbons (Fsp3) is 0.545. The summed E-state index contributed by atoms with van der Waals surface area (Å²) < 4.78 is 13.0. The molecule has 28 heavy (non-hydrogen) atoms. The first-order chi connectivity index (χ1) is 13.3. The third kappa shape index (κ3) is 5.50. The van der Waals surface area contributed by atoms with Crippen LogP contribution in [0.2, 0.25) is 0 Å². The first-order valence-corrected chi connectivity index (χ1v) is 9.99. The molecular weight excluding hydrogens is 356 g/mol. The Morgan fingerprint density at radius 3 is 2.54 bits per heavy atom. The van der Waals surface area contributed by atoms with Crippen LogP contribution in [0.4, 0.5) is 4.79 Å². The zero-order chi connectivity index (χ0) is 20.1. The minimum Gasteiger partial charge on any atom is -0.465 e. The van der Waals surface area contributed by atoms with Gasteiger partial charge in [-0.25, -0.2) is 4.79 Å². The molecule has 1 saturated heterocycles. The first kappa shape index (κ1) is 20.2. The maximum absolute atomic E-state index is 12.1. The van der Waals surface area contributed by atoms with Crippen molar-refractivity contribution in [3.8, 4) is 0 Å². The largest absolute Gasteiger partial charge is 0.465 e. The molecule has 0 atom stereocenters. The van der Waals surface area contributed by atoms with Crippen LogP contribution in [-0.4, -0.2) is 46.8 Å². The van der Waals surface area contributed by atoms with Crippen LogP contribution in [0.1, 0.15) is 40.0 Å². The van der Waals surface area contributed by atoms with E-state index in [-0.39, 0.29) is 12.1 Å². The second kappa shape index (κ2) is 8.67. The van der Waals surface area contributed by atoms with E-state index in [4.69, 9.17) is 9.47 Å². The zero-order valence-corrected chi connectivity index (χ0v) is 17.0. The minimum atomic E-state index is -0.478. The number of fused-ring (bicyclic) bond motifs is 1. The Morgan fingerprint density at radius 1 is 1.11 bits per heavy atom. The third-order valence-corrected chi connectivity index (χ3v) is 4.98. The van der Waals surface area contributed by atoms with Crippen molar-refractivity contribution in [2.24, 2.45) is 5.92 Å². The van der Waals surface area contributed by atoms with Crippen molar-refractivity contribution in [3.05, 3.63) is 36.5 Å². The van der Waals surface area contributed by atoms with Crippen molar-refractivity contribution in [2.45, 2.75) is 52.2 Å². The van der Waals surface area contributed by atoms with Gasteiger partial charge in [0, 0.05) is 31.3 Å². The molecule has 0 saturated carbocycles. The molecule has 0 spiro atoms. The van der Waals surface area contributed by atoms with Crippen LogP contribution in [0.5, 0.6) is 0 Å². The summed E-state index contributed by atoms with van der Waals surface area (Å²) in [6.45, 7) is 7.94. The lowest BCUT2D eigenvalue weighted by Crippen LogP contribution is -2.42. The SMILES string of the molecule is CC(C)(C)OC(=O)N1CCC(COC(=O)CCn2ccc3ccccc32)CC1. The molecule has 0 aliphatic carbocycles. The summed E-state index contributed by atoms with van der Waals surface area (Å²) in [4.78, 5) is 26.0.